The number of hydrogen-bond acceptors (Lipinski definition) is 2. The predicted octanol–water partition coefficient (Wildman–Crippen LogP) is 3.27. The van der Waals surface area contributed by atoms with Crippen LogP contribution in [0.3, 0.4) is 0 Å². The van der Waals surface area contributed by atoms with Gasteiger partial charge in [0.1, 0.15) is 11.6 Å². The molecule has 94 valence electrons. The Labute approximate surface area is 99.6 Å². The van der Waals surface area contributed by atoms with E-state index in [2.05, 4.69) is 0 Å². The second-order valence-electron chi connectivity index (χ2n) is 4.14. The Morgan fingerprint density at radius 1 is 1.35 bits per heavy atom. The van der Waals surface area contributed by atoms with Crippen LogP contribution in [0.15, 0.2) is 18.2 Å². The summed E-state index contributed by atoms with van der Waals surface area (Å²) in [5.74, 6) is -2.60. The zero-order chi connectivity index (χ0) is 13.0. The molecule has 2 nitrogen and oxygen atoms in total. The van der Waals surface area contributed by atoms with Gasteiger partial charge >= 0.3 is 5.97 Å². The maximum Gasteiger partial charge on any atom is 0.313 e. The lowest BCUT2D eigenvalue weighted by Gasteiger charge is -2.20. The minimum Gasteiger partial charge on any atom is -0.466 e. The van der Waals surface area contributed by atoms with E-state index < -0.39 is 23.5 Å². The normalized spacial score (nSPS) is 12.6. The lowest BCUT2D eigenvalue weighted by molar-refractivity contribution is -0.146. The molecule has 0 aliphatic carbocycles. The number of carbonyl (C=O) groups is 1. The van der Waals surface area contributed by atoms with Crippen molar-refractivity contribution in [3.8, 4) is 0 Å². The van der Waals surface area contributed by atoms with Gasteiger partial charge in [0.05, 0.1) is 12.5 Å². The third kappa shape index (κ3) is 3.25. The number of esters is 1. The van der Waals surface area contributed by atoms with E-state index in [1.807, 2.05) is 0 Å². The van der Waals surface area contributed by atoms with E-state index in [0.29, 0.717) is 0 Å². The topological polar surface area (TPSA) is 26.3 Å². The zero-order valence-corrected chi connectivity index (χ0v) is 10.2. The van der Waals surface area contributed by atoms with E-state index in [1.165, 1.54) is 0 Å². The molecular formula is C13H16F2O2. The smallest absolute Gasteiger partial charge is 0.313 e. The van der Waals surface area contributed by atoms with Gasteiger partial charge in [-0.1, -0.05) is 13.8 Å². The number of rotatable bonds is 4. The van der Waals surface area contributed by atoms with Gasteiger partial charge in [-0.25, -0.2) is 8.78 Å². The highest BCUT2D eigenvalue weighted by molar-refractivity contribution is 5.78. The highest BCUT2D eigenvalue weighted by Gasteiger charge is 2.28. The summed E-state index contributed by atoms with van der Waals surface area (Å²) < 4.78 is 31.6. The van der Waals surface area contributed by atoms with Crippen LogP contribution in [0.2, 0.25) is 0 Å². The van der Waals surface area contributed by atoms with Crippen LogP contribution in [-0.2, 0) is 9.53 Å². The molecule has 0 aliphatic heterocycles. The fourth-order valence-electron chi connectivity index (χ4n) is 1.74. The molecule has 0 fully saturated rings. The fourth-order valence-corrected chi connectivity index (χ4v) is 1.74. The fraction of sp³-hybridized carbons (Fsp3) is 0.462. The van der Waals surface area contributed by atoms with Gasteiger partial charge in [0.2, 0.25) is 0 Å². The van der Waals surface area contributed by atoms with E-state index >= 15 is 0 Å². The van der Waals surface area contributed by atoms with E-state index in [4.69, 9.17) is 4.74 Å². The Morgan fingerprint density at radius 2 is 2.00 bits per heavy atom. The minimum atomic E-state index is -0.773. The van der Waals surface area contributed by atoms with Gasteiger partial charge in [-0.15, -0.1) is 0 Å². The molecule has 1 atom stereocenters. The van der Waals surface area contributed by atoms with Crippen molar-refractivity contribution in [1.82, 2.24) is 0 Å². The number of halogens is 2. The quantitative estimate of drug-likeness (QED) is 0.757. The Morgan fingerprint density at radius 3 is 2.53 bits per heavy atom. The van der Waals surface area contributed by atoms with Crippen molar-refractivity contribution in [2.45, 2.75) is 26.7 Å². The summed E-state index contributed by atoms with van der Waals surface area (Å²) in [5.41, 5.74) is 0.0541. The van der Waals surface area contributed by atoms with E-state index in [0.717, 1.165) is 18.2 Å². The molecule has 0 heterocycles. The van der Waals surface area contributed by atoms with Gasteiger partial charge < -0.3 is 4.74 Å². The second kappa shape index (κ2) is 5.75. The summed E-state index contributed by atoms with van der Waals surface area (Å²) in [7, 11) is 0. The molecule has 0 radical (unpaired) electrons. The van der Waals surface area contributed by atoms with E-state index in [-0.39, 0.29) is 18.1 Å². The molecule has 1 aromatic rings. The predicted molar refractivity (Wildman–Crippen MR) is 60.6 cm³/mol. The zero-order valence-electron chi connectivity index (χ0n) is 10.2. The molecule has 0 amide bonds. The molecule has 0 saturated heterocycles. The molecule has 0 aromatic heterocycles. The van der Waals surface area contributed by atoms with Gasteiger partial charge in [0, 0.05) is 5.56 Å². The first-order valence-electron chi connectivity index (χ1n) is 5.59. The van der Waals surface area contributed by atoms with Crippen molar-refractivity contribution in [3.63, 3.8) is 0 Å². The van der Waals surface area contributed by atoms with Gasteiger partial charge in [-0.05, 0) is 31.0 Å². The van der Waals surface area contributed by atoms with Crippen molar-refractivity contribution in [1.29, 1.82) is 0 Å². The molecule has 0 aliphatic rings. The maximum atomic E-state index is 13.6. The summed E-state index contributed by atoms with van der Waals surface area (Å²) in [4.78, 5) is 11.7. The van der Waals surface area contributed by atoms with Crippen molar-refractivity contribution in [3.05, 3.63) is 35.4 Å². The van der Waals surface area contributed by atoms with Crippen molar-refractivity contribution >= 4 is 5.97 Å². The van der Waals surface area contributed by atoms with Crippen LogP contribution in [-0.4, -0.2) is 12.6 Å². The van der Waals surface area contributed by atoms with Crippen LogP contribution >= 0.6 is 0 Å². The lowest BCUT2D eigenvalue weighted by atomic mass is 9.88. The first-order valence-corrected chi connectivity index (χ1v) is 5.59. The van der Waals surface area contributed by atoms with Crippen molar-refractivity contribution in [2.24, 2.45) is 5.92 Å². The molecule has 0 bridgehead atoms. The standard InChI is InChI=1S/C13H16F2O2/c1-4-17-13(16)12(8(2)3)10-7-9(14)5-6-11(10)15/h5-8,12H,4H2,1-3H3. The van der Waals surface area contributed by atoms with Crippen molar-refractivity contribution < 1.29 is 18.3 Å². The second-order valence-corrected chi connectivity index (χ2v) is 4.14. The SMILES string of the molecule is CCOC(=O)C(c1cc(F)ccc1F)C(C)C. The molecule has 17 heavy (non-hydrogen) atoms. The largest absolute Gasteiger partial charge is 0.466 e. The summed E-state index contributed by atoms with van der Waals surface area (Å²) in [6, 6.07) is 3.11. The molecule has 0 spiro atoms. The van der Waals surface area contributed by atoms with E-state index in [1.54, 1.807) is 20.8 Å². The van der Waals surface area contributed by atoms with Gasteiger partial charge in [0.25, 0.3) is 0 Å². The van der Waals surface area contributed by atoms with Gasteiger partial charge in [0.15, 0.2) is 0 Å². The van der Waals surface area contributed by atoms with Crippen LogP contribution in [0.5, 0.6) is 0 Å². The van der Waals surface area contributed by atoms with Crippen LogP contribution in [0.25, 0.3) is 0 Å². The van der Waals surface area contributed by atoms with Crippen LogP contribution in [0, 0.1) is 17.6 Å². The minimum absolute atomic E-state index is 0.0541. The average Bonchev–Trinajstić information content (AvgIpc) is 2.23. The Bertz CT molecular complexity index is 402. The third-order valence-corrected chi connectivity index (χ3v) is 2.50. The van der Waals surface area contributed by atoms with Crippen LogP contribution < -0.4 is 0 Å². The van der Waals surface area contributed by atoms with E-state index in [9.17, 15) is 13.6 Å². The Hall–Kier alpha value is -1.45. The summed E-state index contributed by atoms with van der Waals surface area (Å²) >= 11 is 0. The molecule has 0 saturated carbocycles. The first-order chi connectivity index (χ1) is 7.97. The van der Waals surface area contributed by atoms with Crippen LogP contribution in [0.1, 0.15) is 32.3 Å². The van der Waals surface area contributed by atoms with Gasteiger partial charge in [-0.3, -0.25) is 4.79 Å². The molecule has 0 N–H and O–H groups in total. The molecule has 1 rings (SSSR count). The Kier molecular flexibility index (Phi) is 4.61. The average molecular weight is 242 g/mol. The maximum absolute atomic E-state index is 13.6. The third-order valence-electron chi connectivity index (χ3n) is 2.50. The lowest BCUT2D eigenvalue weighted by Crippen LogP contribution is -2.22. The number of ether oxygens (including phenoxy) is 1. The first kappa shape index (κ1) is 13.6. The monoisotopic (exact) mass is 242 g/mol. The number of benzene rings is 1. The highest BCUT2D eigenvalue weighted by atomic mass is 19.1. The summed E-state index contributed by atoms with van der Waals surface area (Å²) in [6.07, 6.45) is 0. The summed E-state index contributed by atoms with van der Waals surface area (Å²) in [6.45, 7) is 5.44. The molecule has 4 heteroatoms. The Balaban J connectivity index is 3.13. The molecule has 1 unspecified atom stereocenters. The molecular weight excluding hydrogens is 226 g/mol. The van der Waals surface area contributed by atoms with Gasteiger partial charge in [-0.2, -0.15) is 0 Å². The number of carbonyl (C=O) groups excluding carboxylic acids is 1. The molecule has 1 aromatic carbocycles. The van der Waals surface area contributed by atoms with Crippen molar-refractivity contribution in [2.75, 3.05) is 6.61 Å². The summed E-state index contributed by atoms with van der Waals surface area (Å²) in [5, 5.41) is 0. The van der Waals surface area contributed by atoms with Crippen LogP contribution in [0.4, 0.5) is 8.78 Å². The highest BCUT2D eigenvalue weighted by Crippen LogP contribution is 2.28. The number of hydrogen-bond donors (Lipinski definition) is 0.